The summed E-state index contributed by atoms with van der Waals surface area (Å²) in [6.07, 6.45) is 5.79. The Morgan fingerprint density at radius 3 is 2.62 bits per heavy atom. The van der Waals surface area contributed by atoms with Crippen molar-refractivity contribution in [3.8, 4) is 0 Å². The molecule has 2 aromatic rings. The average Bonchev–Trinajstić information content (AvgIpc) is 3.15. The van der Waals surface area contributed by atoms with Gasteiger partial charge < -0.3 is 5.32 Å². The van der Waals surface area contributed by atoms with E-state index in [9.17, 15) is 4.79 Å². The number of piperidine rings is 1. The first-order chi connectivity index (χ1) is 12.4. The molecule has 5 nitrogen and oxygen atoms in total. The molecule has 140 valence electrons. The van der Waals surface area contributed by atoms with Gasteiger partial charge in [-0.2, -0.15) is 0 Å². The molecule has 0 aliphatic carbocycles. The first kappa shape index (κ1) is 19.0. The third kappa shape index (κ3) is 4.89. The number of hydrogen-bond acceptors (Lipinski definition) is 5. The number of pyridine rings is 1. The maximum absolute atomic E-state index is 12.6. The van der Waals surface area contributed by atoms with Crippen LogP contribution in [0.4, 0.5) is 0 Å². The molecule has 1 saturated heterocycles. The second-order valence-corrected chi connectivity index (χ2v) is 8.93. The van der Waals surface area contributed by atoms with Gasteiger partial charge in [0.1, 0.15) is 5.01 Å². The number of amides is 1. The van der Waals surface area contributed by atoms with Crippen LogP contribution in [0, 0.1) is 11.3 Å². The summed E-state index contributed by atoms with van der Waals surface area (Å²) in [5.41, 5.74) is 0.721. The van der Waals surface area contributed by atoms with Crippen molar-refractivity contribution in [3.63, 3.8) is 0 Å². The molecule has 26 heavy (non-hydrogen) atoms. The van der Waals surface area contributed by atoms with Crippen LogP contribution >= 0.6 is 11.3 Å². The lowest BCUT2D eigenvalue weighted by atomic mass is 9.87. The number of nitrogens with zero attached hydrogens (tertiary/aromatic N) is 3. The van der Waals surface area contributed by atoms with Crippen molar-refractivity contribution in [2.75, 3.05) is 13.1 Å². The number of nitrogens with one attached hydrogen (secondary N) is 1. The van der Waals surface area contributed by atoms with Gasteiger partial charge in [-0.25, -0.2) is 4.98 Å². The van der Waals surface area contributed by atoms with Crippen molar-refractivity contribution < 1.29 is 4.79 Å². The summed E-state index contributed by atoms with van der Waals surface area (Å²) in [7, 11) is 0. The smallest absolute Gasteiger partial charge is 0.225 e. The number of carbonyl (C=O) groups excluding carboxylic acids is 1. The maximum Gasteiger partial charge on any atom is 0.225 e. The van der Waals surface area contributed by atoms with Crippen LogP contribution in [0.5, 0.6) is 0 Å². The van der Waals surface area contributed by atoms with Gasteiger partial charge in [-0.05, 0) is 44.0 Å². The van der Waals surface area contributed by atoms with Gasteiger partial charge in [-0.3, -0.25) is 14.7 Å². The molecular weight excluding hydrogens is 344 g/mol. The summed E-state index contributed by atoms with van der Waals surface area (Å²) in [5, 5.41) is 6.28. The van der Waals surface area contributed by atoms with Gasteiger partial charge in [0.05, 0.1) is 11.7 Å². The minimum atomic E-state index is -0.394. The highest BCUT2D eigenvalue weighted by Crippen LogP contribution is 2.33. The fourth-order valence-corrected chi connectivity index (χ4v) is 4.07. The highest BCUT2D eigenvalue weighted by atomic mass is 32.1. The molecule has 0 spiro atoms. The third-order valence-electron chi connectivity index (χ3n) is 4.90. The number of thiazole rings is 1. The fraction of sp³-hybridized carbons (Fsp3) is 0.550. The van der Waals surface area contributed by atoms with Crippen LogP contribution < -0.4 is 5.32 Å². The van der Waals surface area contributed by atoms with Crippen molar-refractivity contribution in [2.24, 2.45) is 11.3 Å². The standard InChI is InChI=1S/C20H28N4OS/c1-20(2,3)19(25)23-17(18-22-10-13-26-18)15-7-11-24(12-8-15)14-16-6-4-5-9-21-16/h4-6,9-10,13,15,17H,7-8,11-12,14H2,1-3H3,(H,23,25)/t17-/m1/s1. The Bertz CT molecular complexity index is 688. The molecule has 0 aromatic carbocycles. The van der Waals surface area contributed by atoms with Crippen LogP contribution in [-0.2, 0) is 11.3 Å². The predicted molar refractivity (Wildman–Crippen MR) is 105 cm³/mol. The Labute approximate surface area is 159 Å². The molecule has 0 radical (unpaired) electrons. The summed E-state index contributed by atoms with van der Waals surface area (Å²) in [6.45, 7) is 8.80. The molecule has 1 N–H and O–H groups in total. The van der Waals surface area contributed by atoms with Crippen LogP contribution in [0.3, 0.4) is 0 Å². The molecule has 3 heterocycles. The zero-order valence-electron chi connectivity index (χ0n) is 15.8. The van der Waals surface area contributed by atoms with E-state index in [1.54, 1.807) is 11.3 Å². The van der Waals surface area contributed by atoms with E-state index >= 15 is 0 Å². The average molecular weight is 373 g/mol. The number of carbonyl (C=O) groups is 1. The first-order valence-corrected chi connectivity index (χ1v) is 10.1. The Kier molecular flexibility index (Phi) is 6.04. The van der Waals surface area contributed by atoms with Crippen LogP contribution in [-0.4, -0.2) is 33.9 Å². The van der Waals surface area contributed by atoms with Gasteiger partial charge in [0, 0.05) is 29.7 Å². The summed E-state index contributed by atoms with van der Waals surface area (Å²) in [6, 6.07) is 6.08. The van der Waals surface area contributed by atoms with E-state index in [0.717, 1.165) is 43.2 Å². The minimum absolute atomic E-state index is 0.0127. The highest BCUT2D eigenvalue weighted by Gasteiger charge is 2.33. The SMILES string of the molecule is CC(C)(C)C(=O)N[C@@H](c1nccs1)C1CCN(Cc2ccccn2)CC1. The van der Waals surface area contributed by atoms with Crippen molar-refractivity contribution >= 4 is 17.2 Å². The number of hydrogen-bond donors (Lipinski definition) is 1. The Morgan fingerprint density at radius 1 is 1.27 bits per heavy atom. The molecule has 1 aliphatic heterocycles. The molecule has 1 amide bonds. The van der Waals surface area contributed by atoms with Gasteiger partial charge >= 0.3 is 0 Å². The van der Waals surface area contributed by atoms with Crippen molar-refractivity contribution in [1.82, 2.24) is 20.2 Å². The van der Waals surface area contributed by atoms with Crippen molar-refractivity contribution in [1.29, 1.82) is 0 Å². The molecule has 3 rings (SSSR count). The monoisotopic (exact) mass is 372 g/mol. The molecule has 6 heteroatoms. The molecule has 1 fully saturated rings. The van der Waals surface area contributed by atoms with E-state index in [1.165, 1.54) is 0 Å². The summed E-state index contributed by atoms with van der Waals surface area (Å²) in [4.78, 5) is 23.9. The van der Waals surface area contributed by atoms with Gasteiger partial charge in [0.2, 0.25) is 5.91 Å². The van der Waals surface area contributed by atoms with Crippen LogP contribution in [0.15, 0.2) is 36.0 Å². The molecule has 0 saturated carbocycles. The van der Waals surface area contributed by atoms with E-state index in [4.69, 9.17) is 0 Å². The zero-order valence-corrected chi connectivity index (χ0v) is 16.6. The molecule has 1 atom stereocenters. The normalized spacial score (nSPS) is 17.8. The van der Waals surface area contributed by atoms with Gasteiger partial charge in [-0.15, -0.1) is 11.3 Å². The van der Waals surface area contributed by atoms with Gasteiger partial charge in [-0.1, -0.05) is 26.8 Å². The summed E-state index contributed by atoms with van der Waals surface area (Å²) in [5.74, 6) is 0.515. The van der Waals surface area contributed by atoms with Crippen molar-refractivity contribution in [3.05, 3.63) is 46.7 Å². The topological polar surface area (TPSA) is 58.1 Å². The summed E-state index contributed by atoms with van der Waals surface area (Å²) >= 11 is 1.63. The van der Waals surface area contributed by atoms with E-state index in [0.29, 0.717) is 5.92 Å². The van der Waals surface area contributed by atoms with E-state index in [1.807, 2.05) is 50.7 Å². The van der Waals surface area contributed by atoms with Gasteiger partial charge in [0.15, 0.2) is 0 Å². The largest absolute Gasteiger partial charge is 0.346 e. The number of likely N-dealkylation sites (tertiary alicyclic amines) is 1. The maximum atomic E-state index is 12.6. The lowest BCUT2D eigenvalue weighted by Gasteiger charge is -2.36. The molecule has 2 aromatic heterocycles. The lowest BCUT2D eigenvalue weighted by molar-refractivity contribution is -0.129. The molecule has 0 bridgehead atoms. The van der Waals surface area contributed by atoms with E-state index < -0.39 is 5.41 Å². The lowest BCUT2D eigenvalue weighted by Crippen LogP contribution is -2.43. The predicted octanol–water partition coefficient (Wildman–Crippen LogP) is 3.65. The zero-order chi connectivity index (χ0) is 18.6. The van der Waals surface area contributed by atoms with E-state index in [2.05, 4.69) is 26.3 Å². The van der Waals surface area contributed by atoms with Crippen LogP contribution in [0.25, 0.3) is 0 Å². The minimum Gasteiger partial charge on any atom is -0.346 e. The Balaban J connectivity index is 1.63. The fourth-order valence-electron chi connectivity index (χ4n) is 3.29. The van der Waals surface area contributed by atoms with Crippen LogP contribution in [0.1, 0.15) is 50.4 Å². The second-order valence-electron chi connectivity index (χ2n) is 8.01. The Morgan fingerprint density at radius 2 is 2.04 bits per heavy atom. The number of rotatable bonds is 5. The van der Waals surface area contributed by atoms with Crippen LogP contribution in [0.2, 0.25) is 0 Å². The second kappa shape index (κ2) is 8.27. The third-order valence-corrected chi connectivity index (χ3v) is 5.76. The molecule has 1 aliphatic rings. The Hall–Kier alpha value is -1.79. The molecular formula is C20H28N4OS. The summed E-state index contributed by atoms with van der Waals surface area (Å²) < 4.78 is 0. The quantitative estimate of drug-likeness (QED) is 0.870. The molecule has 0 unspecified atom stereocenters. The van der Waals surface area contributed by atoms with E-state index in [-0.39, 0.29) is 11.9 Å². The van der Waals surface area contributed by atoms with Gasteiger partial charge in [0.25, 0.3) is 0 Å². The van der Waals surface area contributed by atoms with Crippen molar-refractivity contribution in [2.45, 2.75) is 46.2 Å². The number of aromatic nitrogens is 2. The highest BCUT2D eigenvalue weighted by molar-refractivity contribution is 7.09. The first-order valence-electron chi connectivity index (χ1n) is 9.26.